The van der Waals surface area contributed by atoms with E-state index in [0.29, 0.717) is 18.1 Å². The Labute approximate surface area is 118 Å². The molecule has 1 heterocycles. The number of carboxylic acids is 1. The third kappa shape index (κ3) is 3.71. The number of likely N-dealkylation sites (N-methyl/N-ethyl adjacent to an activating group) is 1. The minimum absolute atomic E-state index is 0.247. The SMILES string of the molecule is Cc1oc(CN(C)CCc2ccccc2)cc1C(=O)O. The number of furan rings is 1. The zero-order valence-corrected chi connectivity index (χ0v) is 11.8. The maximum atomic E-state index is 11.0. The molecule has 1 aromatic carbocycles. The van der Waals surface area contributed by atoms with Crippen molar-refractivity contribution < 1.29 is 14.3 Å². The normalized spacial score (nSPS) is 10.9. The number of aromatic carboxylic acids is 1. The van der Waals surface area contributed by atoms with Crippen LogP contribution in [0.25, 0.3) is 0 Å². The zero-order valence-electron chi connectivity index (χ0n) is 11.8. The van der Waals surface area contributed by atoms with Crippen LogP contribution in [0.2, 0.25) is 0 Å². The molecular formula is C16H19NO3. The summed E-state index contributed by atoms with van der Waals surface area (Å²) in [5, 5.41) is 8.99. The molecule has 4 nitrogen and oxygen atoms in total. The van der Waals surface area contributed by atoms with Crippen molar-refractivity contribution in [2.45, 2.75) is 19.9 Å². The molecule has 0 aliphatic rings. The lowest BCUT2D eigenvalue weighted by Gasteiger charge is -2.14. The summed E-state index contributed by atoms with van der Waals surface area (Å²) in [5.74, 6) is 0.212. The van der Waals surface area contributed by atoms with E-state index in [-0.39, 0.29) is 5.56 Å². The van der Waals surface area contributed by atoms with E-state index in [2.05, 4.69) is 17.0 Å². The summed E-state index contributed by atoms with van der Waals surface area (Å²) in [6.07, 6.45) is 0.961. The molecule has 1 N–H and O–H groups in total. The van der Waals surface area contributed by atoms with Crippen LogP contribution in [0.3, 0.4) is 0 Å². The highest BCUT2D eigenvalue weighted by Gasteiger charge is 2.14. The molecule has 20 heavy (non-hydrogen) atoms. The van der Waals surface area contributed by atoms with Gasteiger partial charge in [-0.3, -0.25) is 4.90 Å². The molecule has 1 aromatic heterocycles. The predicted octanol–water partition coefficient (Wildman–Crippen LogP) is 2.96. The first-order chi connectivity index (χ1) is 9.56. The van der Waals surface area contributed by atoms with Gasteiger partial charge in [-0.1, -0.05) is 30.3 Å². The molecule has 0 amide bonds. The van der Waals surface area contributed by atoms with Crippen molar-refractivity contribution in [3.63, 3.8) is 0 Å². The molecule has 0 bridgehead atoms. The molecule has 106 valence electrons. The van der Waals surface area contributed by atoms with E-state index in [1.54, 1.807) is 13.0 Å². The second-order valence-corrected chi connectivity index (χ2v) is 4.96. The molecule has 0 radical (unpaired) electrons. The van der Waals surface area contributed by atoms with Crippen molar-refractivity contribution in [2.24, 2.45) is 0 Å². The molecule has 0 saturated heterocycles. The van der Waals surface area contributed by atoms with Crippen LogP contribution < -0.4 is 0 Å². The first-order valence-electron chi connectivity index (χ1n) is 6.61. The number of carbonyl (C=O) groups is 1. The van der Waals surface area contributed by atoms with Gasteiger partial charge in [0.05, 0.1) is 6.54 Å². The Morgan fingerprint density at radius 1 is 1.30 bits per heavy atom. The Hall–Kier alpha value is -2.07. The van der Waals surface area contributed by atoms with Crippen LogP contribution in [-0.2, 0) is 13.0 Å². The summed E-state index contributed by atoms with van der Waals surface area (Å²) in [5.41, 5.74) is 1.54. The third-order valence-electron chi connectivity index (χ3n) is 3.25. The summed E-state index contributed by atoms with van der Waals surface area (Å²) >= 11 is 0. The highest BCUT2D eigenvalue weighted by atomic mass is 16.4. The lowest BCUT2D eigenvalue weighted by molar-refractivity contribution is 0.0695. The van der Waals surface area contributed by atoms with E-state index < -0.39 is 5.97 Å². The summed E-state index contributed by atoms with van der Waals surface area (Å²) < 4.78 is 5.48. The summed E-state index contributed by atoms with van der Waals surface area (Å²) in [4.78, 5) is 13.1. The van der Waals surface area contributed by atoms with Crippen molar-refractivity contribution in [1.82, 2.24) is 4.90 Å². The molecule has 0 unspecified atom stereocenters. The van der Waals surface area contributed by atoms with E-state index in [4.69, 9.17) is 9.52 Å². The number of hydrogen-bond acceptors (Lipinski definition) is 3. The smallest absolute Gasteiger partial charge is 0.339 e. The van der Waals surface area contributed by atoms with Crippen molar-refractivity contribution in [2.75, 3.05) is 13.6 Å². The fourth-order valence-electron chi connectivity index (χ4n) is 2.14. The first-order valence-corrected chi connectivity index (χ1v) is 6.61. The molecular weight excluding hydrogens is 254 g/mol. The summed E-state index contributed by atoms with van der Waals surface area (Å²) in [7, 11) is 2.00. The summed E-state index contributed by atoms with van der Waals surface area (Å²) in [6, 6.07) is 11.9. The van der Waals surface area contributed by atoms with Gasteiger partial charge in [-0.25, -0.2) is 4.79 Å². The third-order valence-corrected chi connectivity index (χ3v) is 3.25. The Kier molecular flexibility index (Phi) is 4.58. The molecule has 0 atom stereocenters. The standard InChI is InChI=1S/C16H19NO3/c1-12-15(16(18)19)10-14(20-12)11-17(2)9-8-13-6-4-3-5-7-13/h3-7,10H,8-9,11H2,1-2H3,(H,18,19). The number of carboxylic acid groups (broad SMARTS) is 1. The van der Waals surface area contributed by atoms with Gasteiger partial charge < -0.3 is 9.52 Å². The fraction of sp³-hybridized carbons (Fsp3) is 0.312. The molecule has 0 fully saturated rings. The number of rotatable bonds is 6. The predicted molar refractivity (Wildman–Crippen MR) is 76.9 cm³/mol. The van der Waals surface area contributed by atoms with Gasteiger partial charge >= 0.3 is 5.97 Å². The van der Waals surface area contributed by atoms with E-state index in [1.807, 2.05) is 25.2 Å². The van der Waals surface area contributed by atoms with Crippen molar-refractivity contribution in [3.05, 3.63) is 59.0 Å². The molecule has 4 heteroatoms. The van der Waals surface area contributed by atoms with E-state index >= 15 is 0 Å². The van der Waals surface area contributed by atoms with Gasteiger partial charge in [0.25, 0.3) is 0 Å². The Morgan fingerprint density at radius 2 is 2.00 bits per heavy atom. The second-order valence-electron chi connectivity index (χ2n) is 4.96. The first kappa shape index (κ1) is 14.3. The topological polar surface area (TPSA) is 53.7 Å². The lowest BCUT2D eigenvalue weighted by Crippen LogP contribution is -2.20. The van der Waals surface area contributed by atoms with Crippen LogP contribution in [0.15, 0.2) is 40.8 Å². The van der Waals surface area contributed by atoms with Crippen LogP contribution in [0.4, 0.5) is 0 Å². The van der Waals surface area contributed by atoms with E-state index in [0.717, 1.165) is 13.0 Å². The number of benzene rings is 1. The van der Waals surface area contributed by atoms with Crippen LogP contribution >= 0.6 is 0 Å². The van der Waals surface area contributed by atoms with Gasteiger partial charge in [0.2, 0.25) is 0 Å². The Bertz CT molecular complexity index is 575. The van der Waals surface area contributed by atoms with Crippen molar-refractivity contribution in [1.29, 1.82) is 0 Å². The maximum Gasteiger partial charge on any atom is 0.339 e. The molecule has 0 aliphatic carbocycles. The summed E-state index contributed by atoms with van der Waals surface area (Å²) in [6.45, 7) is 3.18. The second kappa shape index (κ2) is 6.39. The van der Waals surface area contributed by atoms with Crippen LogP contribution in [-0.4, -0.2) is 29.6 Å². The average Bonchev–Trinajstić information content (AvgIpc) is 2.78. The average molecular weight is 273 g/mol. The van der Waals surface area contributed by atoms with E-state index in [9.17, 15) is 4.79 Å². The maximum absolute atomic E-state index is 11.0. The highest BCUT2D eigenvalue weighted by Crippen LogP contribution is 2.16. The van der Waals surface area contributed by atoms with Crippen LogP contribution in [0, 0.1) is 6.92 Å². The molecule has 2 aromatic rings. The Balaban J connectivity index is 1.90. The van der Waals surface area contributed by atoms with Crippen molar-refractivity contribution >= 4 is 5.97 Å². The number of aryl methyl sites for hydroxylation is 1. The van der Waals surface area contributed by atoms with Crippen LogP contribution in [0.5, 0.6) is 0 Å². The Morgan fingerprint density at radius 3 is 2.60 bits per heavy atom. The minimum atomic E-state index is -0.940. The molecule has 2 rings (SSSR count). The number of nitrogens with zero attached hydrogens (tertiary/aromatic N) is 1. The number of hydrogen-bond donors (Lipinski definition) is 1. The van der Waals surface area contributed by atoms with Gasteiger partial charge in [0, 0.05) is 6.54 Å². The largest absolute Gasteiger partial charge is 0.478 e. The highest BCUT2D eigenvalue weighted by molar-refractivity contribution is 5.88. The monoisotopic (exact) mass is 273 g/mol. The van der Waals surface area contributed by atoms with Crippen molar-refractivity contribution in [3.8, 4) is 0 Å². The lowest BCUT2D eigenvalue weighted by atomic mass is 10.1. The molecule has 0 aliphatic heterocycles. The molecule has 0 saturated carbocycles. The quantitative estimate of drug-likeness (QED) is 0.879. The van der Waals surface area contributed by atoms with Gasteiger partial charge in [-0.2, -0.15) is 0 Å². The van der Waals surface area contributed by atoms with E-state index in [1.165, 1.54) is 5.56 Å². The molecule has 0 spiro atoms. The fourth-order valence-corrected chi connectivity index (χ4v) is 2.14. The van der Waals surface area contributed by atoms with Crippen LogP contribution in [0.1, 0.15) is 27.4 Å². The zero-order chi connectivity index (χ0) is 14.5. The van der Waals surface area contributed by atoms with Gasteiger partial charge in [0.15, 0.2) is 0 Å². The van der Waals surface area contributed by atoms with Gasteiger partial charge in [-0.15, -0.1) is 0 Å². The minimum Gasteiger partial charge on any atom is -0.478 e. The van der Waals surface area contributed by atoms with Gasteiger partial charge in [0.1, 0.15) is 17.1 Å². The van der Waals surface area contributed by atoms with Gasteiger partial charge in [-0.05, 0) is 32.0 Å².